The number of nitrogens with zero attached hydrogens (tertiary/aromatic N) is 4. The minimum absolute atomic E-state index is 0.400. The highest BCUT2D eigenvalue weighted by atomic mass is 35.5. The van der Waals surface area contributed by atoms with Crippen molar-refractivity contribution in [3.63, 3.8) is 0 Å². The van der Waals surface area contributed by atoms with Gasteiger partial charge in [0.05, 0.1) is 24.9 Å². The maximum Gasteiger partial charge on any atom is 0.277 e. The predicted octanol–water partition coefficient (Wildman–Crippen LogP) is 4.35. The molecule has 1 aromatic carbocycles. The lowest BCUT2D eigenvalue weighted by Gasteiger charge is -2.05. The van der Waals surface area contributed by atoms with Crippen LogP contribution in [0.15, 0.2) is 52.4 Å². The molecule has 4 aromatic rings. The van der Waals surface area contributed by atoms with Gasteiger partial charge in [0.2, 0.25) is 5.89 Å². The van der Waals surface area contributed by atoms with Crippen molar-refractivity contribution in [2.45, 2.75) is 11.0 Å². The van der Waals surface area contributed by atoms with E-state index in [2.05, 4.69) is 15.2 Å². The van der Waals surface area contributed by atoms with Crippen molar-refractivity contribution in [2.24, 2.45) is 0 Å². The molecule has 0 radical (unpaired) electrons. The van der Waals surface area contributed by atoms with E-state index < -0.39 is 0 Å². The van der Waals surface area contributed by atoms with Crippen molar-refractivity contribution in [1.29, 1.82) is 0 Å². The third-order valence-corrected chi connectivity index (χ3v) is 4.89. The van der Waals surface area contributed by atoms with Gasteiger partial charge in [-0.3, -0.25) is 0 Å². The van der Waals surface area contributed by atoms with Crippen LogP contribution in [0.3, 0.4) is 0 Å². The Morgan fingerprint density at radius 2 is 1.85 bits per heavy atom. The van der Waals surface area contributed by atoms with Crippen LogP contribution < -0.4 is 9.47 Å². The van der Waals surface area contributed by atoms with Gasteiger partial charge in [0, 0.05) is 29.8 Å². The van der Waals surface area contributed by atoms with Gasteiger partial charge >= 0.3 is 0 Å². The summed E-state index contributed by atoms with van der Waals surface area (Å²) in [5, 5.41) is 9.33. The first-order valence-electron chi connectivity index (χ1n) is 7.97. The first-order chi connectivity index (χ1) is 13.1. The summed E-state index contributed by atoms with van der Waals surface area (Å²) in [5.74, 6) is 2.30. The fourth-order valence-corrected chi connectivity index (χ4v) is 3.35. The SMILES string of the molecule is COc1cc(OC)cc(-c2nnc(SCc3cn4cc(Cl)ccc4n3)o2)c1. The smallest absolute Gasteiger partial charge is 0.277 e. The summed E-state index contributed by atoms with van der Waals surface area (Å²) in [6.45, 7) is 0. The molecule has 9 heteroatoms. The molecule has 0 fully saturated rings. The number of ether oxygens (including phenoxy) is 2. The number of benzene rings is 1. The van der Waals surface area contributed by atoms with E-state index in [0.29, 0.717) is 33.4 Å². The first-order valence-corrected chi connectivity index (χ1v) is 9.34. The number of hydrogen-bond donors (Lipinski definition) is 0. The second-order valence-corrected chi connectivity index (χ2v) is 6.97. The van der Waals surface area contributed by atoms with Crippen LogP contribution >= 0.6 is 23.4 Å². The molecule has 27 heavy (non-hydrogen) atoms. The summed E-state index contributed by atoms with van der Waals surface area (Å²) in [6, 6.07) is 9.10. The molecule has 0 aliphatic carbocycles. The molecule has 3 aromatic heterocycles. The molecule has 0 N–H and O–H groups in total. The Labute approximate surface area is 164 Å². The van der Waals surface area contributed by atoms with E-state index >= 15 is 0 Å². The van der Waals surface area contributed by atoms with Gasteiger partial charge in [0.1, 0.15) is 17.1 Å². The minimum atomic E-state index is 0.400. The lowest BCUT2D eigenvalue weighted by atomic mass is 10.2. The molecular weight excluding hydrogens is 388 g/mol. The molecule has 0 aliphatic heterocycles. The fourth-order valence-electron chi connectivity index (χ4n) is 2.54. The second kappa shape index (κ2) is 7.50. The van der Waals surface area contributed by atoms with E-state index in [-0.39, 0.29) is 0 Å². The Balaban J connectivity index is 1.50. The van der Waals surface area contributed by atoms with E-state index in [1.807, 2.05) is 41.1 Å². The van der Waals surface area contributed by atoms with Crippen LogP contribution in [0.4, 0.5) is 0 Å². The molecule has 0 unspecified atom stereocenters. The Kier molecular flexibility index (Phi) is 4.91. The van der Waals surface area contributed by atoms with Gasteiger partial charge in [0.15, 0.2) is 0 Å². The van der Waals surface area contributed by atoms with Gasteiger partial charge in [-0.1, -0.05) is 23.4 Å². The number of imidazole rings is 1. The number of fused-ring (bicyclic) bond motifs is 1. The van der Waals surface area contributed by atoms with E-state index in [0.717, 1.165) is 16.9 Å². The average molecular weight is 403 g/mol. The van der Waals surface area contributed by atoms with E-state index in [9.17, 15) is 0 Å². The largest absolute Gasteiger partial charge is 0.497 e. The van der Waals surface area contributed by atoms with Crippen molar-refractivity contribution >= 4 is 29.0 Å². The van der Waals surface area contributed by atoms with Crippen molar-refractivity contribution < 1.29 is 13.9 Å². The minimum Gasteiger partial charge on any atom is -0.497 e. The van der Waals surface area contributed by atoms with Crippen molar-refractivity contribution in [2.75, 3.05) is 14.2 Å². The number of rotatable bonds is 6. The van der Waals surface area contributed by atoms with Crippen LogP contribution in [0, 0.1) is 0 Å². The Bertz CT molecular complexity index is 1070. The maximum absolute atomic E-state index is 6.00. The highest BCUT2D eigenvalue weighted by Gasteiger charge is 2.13. The van der Waals surface area contributed by atoms with Crippen molar-refractivity contribution in [1.82, 2.24) is 19.6 Å². The molecule has 0 atom stereocenters. The third-order valence-electron chi connectivity index (χ3n) is 3.81. The molecule has 4 rings (SSSR count). The van der Waals surface area contributed by atoms with Gasteiger partial charge < -0.3 is 18.3 Å². The normalized spacial score (nSPS) is 11.1. The molecule has 0 saturated heterocycles. The van der Waals surface area contributed by atoms with Crippen LogP contribution in [0.1, 0.15) is 5.69 Å². The van der Waals surface area contributed by atoms with Crippen LogP contribution in [0.5, 0.6) is 11.5 Å². The molecule has 7 nitrogen and oxygen atoms in total. The number of thioether (sulfide) groups is 1. The van der Waals surface area contributed by atoms with E-state index in [1.165, 1.54) is 11.8 Å². The van der Waals surface area contributed by atoms with Crippen LogP contribution in [-0.4, -0.2) is 33.8 Å². The van der Waals surface area contributed by atoms with Crippen LogP contribution in [0.25, 0.3) is 17.1 Å². The highest BCUT2D eigenvalue weighted by Crippen LogP contribution is 2.31. The highest BCUT2D eigenvalue weighted by molar-refractivity contribution is 7.98. The summed E-state index contributed by atoms with van der Waals surface area (Å²) in [6.07, 6.45) is 3.75. The number of methoxy groups -OCH3 is 2. The van der Waals surface area contributed by atoms with E-state index in [1.54, 1.807) is 20.3 Å². The quantitative estimate of drug-likeness (QED) is 0.444. The lowest BCUT2D eigenvalue weighted by molar-refractivity contribution is 0.394. The summed E-state index contributed by atoms with van der Waals surface area (Å²) in [7, 11) is 3.19. The molecule has 0 saturated carbocycles. The summed E-state index contributed by atoms with van der Waals surface area (Å²) in [5.41, 5.74) is 2.46. The Hall–Kier alpha value is -2.71. The zero-order valence-corrected chi connectivity index (χ0v) is 16.1. The molecule has 0 bridgehead atoms. The number of halogens is 1. The molecule has 0 aliphatic rings. The van der Waals surface area contributed by atoms with Gasteiger partial charge in [-0.25, -0.2) is 4.98 Å². The monoisotopic (exact) mass is 402 g/mol. The zero-order valence-electron chi connectivity index (χ0n) is 14.5. The second-order valence-electron chi connectivity index (χ2n) is 5.61. The standard InChI is InChI=1S/C18H15ClN4O3S/c1-24-14-5-11(6-15(7-14)25-2)17-21-22-18(26-17)27-10-13-9-23-8-12(19)3-4-16(23)20-13/h3-9H,10H2,1-2H3. The molecular formula is C18H15ClN4O3S. The van der Waals surface area contributed by atoms with Gasteiger partial charge in [-0.15, -0.1) is 10.2 Å². The van der Waals surface area contributed by atoms with E-state index in [4.69, 9.17) is 25.5 Å². The van der Waals surface area contributed by atoms with Crippen LogP contribution in [0.2, 0.25) is 5.02 Å². The topological polar surface area (TPSA) is 74.7 Å². The van der Waals surface area contributed by atoms with Crippen LogP contribution in [-0.2, 0) is 5.75 Å². The predicted molar refractivity (Wildman–Crippen MR) is 103 cm³/mol. The van der Waals surface area contributed by atoms with Crippen molar-refractivity contribution in [3.8, 4) is 23.0 Å². The summed E-state index contributed by atoms with van der Waals surface area (Å²) >= 11 is 7.42. The fraction of sp³-hybridized carbons (Fsp3) is 0.167. The van der Waals surface area contributed by atoms with Gasteiger partial charge in [0.25, 0.3) is 5.22 Å². The maximum atomic E-state index is 6.00. The molecule has 0 amide bonds. The number of hydrogen-bond acceptors (Lipinski definition) is 7. The zero-order chi connectivity index (χ0) is 18.8. The van der Waals surface area contributed by atoms with Crippen molar-refractivity contribution in [3.05, 3.63) is 53.4 Å². The summed E-state index contributed by atoms with van der Waals surface area (Å²) in [4.78, 5) is 4.54. The lowest BCUT2D eigenvalue weighted by Crippen LogP contribution is -1.88. The molecule has 0 spiro atoms. The third kappa shape index (κ3) is 3.86. The number of pyridine rings is 1. The van der Waals surface area contributed by atoms with Gasteiger partial charge in [-0.2, -0.15) is 0 Å². The average Bonchev–Trinajstić information content (AvgIpc) is 3.32. The first kappa shape index (κ1) is 17.7. The molecule has 138 valence electrons. The Morgan fingerprint density at radius 3 is 2.59 bits per heavy atom. The summed E-state index contributed by atoms with van der Waals surface area (Å²) < 4.78 is 18.2. The van der Waals surface area contributed by atoms with Gasteiger partial charge in [-0.05, 0) is 24.3 Å². The number of aromatic nitrogens is 4. The Morgan fingerprint density at radius 1 is 1.07 bits per heavy atom. The molecule has 3 heterocycles.